The third-order valence-electron chi connectivity index (χ3n) is 3.16. The highest BCUT2D eigenvalue weighted by Gasteiger charge is 2.13. The van der Waals surface area contributed by atoms with Crippen molar-refractivity contribution in [1.82, 2.24) is 10.6 Å². The minimum absolute atomic E-state index is 0.0870. The summed E-state index contributed by atoms with van der Waals surface area (Å²) in [4.78, 5) is 24.3. The summed E-state index contributed by atoms with van der Waals surface area (Å²) in [5, 5.41) is 8.75. The van der Waals surface area contributed by atoms with Crippen LogP contribution in [-0.4, -0.2) is 23.5 Å². The molecule has 0 aliphatic heterocycles. The molecule has 25 heavy (non-hydrogen) atoms. The minimum Gasteiger partial charge on any atom is -0.349 e. The highest BCUT2D eigenvalue weighted by Crippen LogP contribution is 2.15. The molecule has 2 aromatic rings. The van der Waals surface area contributed by atoms with Gasteiger partial charge in [0.05, 0.1) is 11.3 Å². The highest BCUT2D eigenvalue weighted by molar-refractivity contribution is 7.80. The first-order valence-corrected chi connectivity index (χ1v) is 8.16. The lowest BCUT2D eigenvalue weighted by Gasteiger charge is -2.13. The maximum absolute atomic E-state index is 12.1. The van der Waals surface area contributed by atoms with Crippen molar-refractivity contribution >= 4 is 46.4 Å². The molecule has 0 fully saturated rings. The van der Waals surface area contributed by atoms with E-state index in [0.29, 0.717) is 28.4 Å². The smallest absolute Gasteiger partial charge is 0.257 e. The number of halogens is 1. The fraction of sp³-hybridized carbons (Fsp3) is 0.0556. The summed E-state index contributed by atoms with van der Waals surface area (Å²) < 4.78 is 0. The summed E-state index contributed by atoms with van der Waals surface area (Å²) in [5.74, 6) is -0.641. The van der Waals surface area contributed by atoms with E-state index >= 15 is 0 Å². The average Bonchev–Trinajstić information content (AvgIpc) is 2.60. The van der Waals surface area contributed by atoms with Gasteiger partial charge in [-0.1, -0.05) is 29.8 Å². The number of hydrogen-bond donors (Lipinski definition) is 3. The molecule has 0 aromatic heterocycles. The molecule has 0 spiro atoms. The zero-order chi connectivity index (χ0) is 18.2. The van der Waals surface area contributed by atoms with Gasteiger partial charge < -0.3 is 10.6 Å². The van der Waals surface area contributed by atoms with Crippen LogP contribution in [0.15, 0.2) is 61.2 Å². The van der Waals surface area contributed by atoms with Gasteiger partial charge in [-0.25, -0.2) is 0 Å². The zero-order valence-electron chi connectivity index (χ0n) is 13.2. The molecule has 2 rings (SSSR count). The number of rotatable bonds is 5. The predicted octanol–water partition coefficient (Wildman–Crippen LogP) is 3.38. The standard InChI is InChI=1S/C18H16ClN3O2S/c1-2-11-20-17(24)14-5-3-4-6-15(14)21-18(25)22-16(23)12-7-9-13(19)10-8-12/h2-10H,1,11H2,(H,20,24)(H2,21,22,23,25). The van der Waals surface area contributed by atoms with Crippen LogP contribution in [0, 0.1) is 0 Å². The van der Waals surface area contributed by atoms with E-state index in [1.165, 1.54) is 0 Å². The molecule has 2 aromatic carbocycles. The minimum atomic E-state index is -0.372. The van der Waals surface area contributed by atoms with Crippen LogP contribution in [0.1, 0.15) is 20.7 Å². The first-order chi connectivity index (χ1) is 12.0. The number of hydrogen-bond acceptors (Lipinski definition) is 3. The van der Waals surface area contributed by atoms with Gasteiger partial charge in [0.1, 0.15) is 0 Å². The van der Waals surface area contributed by atoms with Crippen LogP contribution in [0.3, 0.4) is 0 Å². The molecule has 7 heteroatoms. The SMILES string of the molecule is C=CCNC(=O)c1ccccc1NC(=S)NC(=O)c1ccc(Cl)cc1. The van der Waals surface area contributed by atoms with Crippen molar-refractivity contribution in [1.29, 1.82) is 0 Å². The van der Waals surface area contributed by atoms with Gasteiger partial charge in [0, 0.05) is 17.1 Å². The van der Waals surface area contributed by atoms with Gasteiger partial charge in [-0.3, -0.25) is 14.9 Å². The Kier molecular flexibility index (Phi) is 6.68. The Morgan fingerprint density at radius 1 is 1.08 bits per heavy atom. The quantitative estimate of drug-likeness (QED) is 0.555. The van der Waals surface area contributed by atoms with E-state index in [-0.39, 0.29) is 16.9 Å². The normalized spacial score (nSPS) is 9.80. The third kappa shape index (κ3) is 5.41. The number of anilines is 1. The molecule has 0 heterocycles. The van der Waals surface area contributed by atoms with Crippen molar-refractivity contribution in [3.05, 3.63) is 77.3 Å². The van der Waals surface area contributed by atoms with Crippen molar-refractivity contribution in [3.8, 4) is 0 Å². The van der Waals surface area contributed by atoms with Crippen LogP contribution in [0.4, 0.5) is 5.69 Å². The van der Waals surface area contributed by atoms with E-state index in [4.69, 9.17) is 23.8 Å². The summed E-state index contributed by atoms with van der Waals surface area (Å²) in [7, 11) is 0. The summed E-state index contributed by atoms with van der Waals surface area (Å²) in [6, 6.07) is 13.3. The number of amides is 2. The Morgan fingerprint density at radius 2 is 1.76 bits per heavy atom. The molecule has 0 unspecified atom stereocenters. The topological polar surface area (TPSA) is 70.2 Å². The lowest BCUT2D eigenvalue weighted by atomic mass is 10.1. The van der Waals surface area contributed by atoms with Crippen LogP contribution in [-0.2, 0) is 0 Å². The zero-order valence-corrected chi connectivity index (χ0v) is 14.8. The van der Waals surface area contributed by atoms with E-state index in [0.717, 1.165) is 0 Å². The Balaban J connectivity index is 2.05. The molecule has 128 valence electrons. The number of para-hydroxylation sites is 1. The highest BCUT2D eigenvalue weighted by atomic mass is 35.5. The number of carbonyl (C=O) groups is 2. The van der Waals surface area contributed by atoms with Crippen LogP contribution in [0.25, 0.3) is 0 Å². The predicted molar refractivity (Wildman–Crippen MR) is 104 cm³/mol. The van der Waals surface area contributed by atoms with Crippen LogP contribution >= 0.6 is 23.8 Å². The second-order valence-corrected chi connectivity index (χ2v) is 5.80. The second kappa shape index (κ2) is 8.96. The van der Waals surface area contributed by atoms with Gasteiger partial charge in [-0.15, -0.1) is 6.58 Å². The molecule has 0 bridgehead atoms. The molecule has 5 nitrogen and oxygen atoms in total. The van der Waals surface area contributed by atoms with Crippen molar-refractivity contribution in [3.63, 3.8) is 0 Å². The number of benzene rings is 2. The number of nitrogens with one attached hydrogen (secondary N) is 3. The lowest BCUT2D eigenvalue weighted by Crippen LogP contribution is -2.35. The lowest BCUT2D eigenvalue weighted by molar-refractivity contribution is 0.0956. The van der Waals surface area contributed by atoms with Gasteiger partial charge in [0.2, 0.25) is 0 Å². The Bertz CT molecular complexity index is 806. The Morgan fingerprint density at radius 3 is 2.44 bits per heavy atom. The van der Waals surface area contributed by atoms with E-state index in [9.17, 15) is 9.59 Å². The summed E-state index contributed by atoms with van der Waals surface area (Å²) >= 11 is 11.0. The average molecular weight is 374 g/mol. The van der Waals surface area contributed by atoms with Crippen molar-refractivity contribution in [2.45, 2.75) is 0 Å². The molecule has 0 saturated carbocycles. The van der Waals surface area contributed by atoms with Crippen LogP contribution < -0.4 is 16.0 Å². The van der Waals surface area contributed by atoms with Crippen molar-refractivity contribution in [2.75, 3.05) is 11.9 Å². The molecule has 3 N–H and O–H groups in total. The maximum Gasteiger partial charge on any atom is 0.257 e. The molecule has 0 aliphatic carbocycles. The molecular weight excluding hydrogens is 358 g/mol. The van der Waals surface area contributed by atoms with E-state index in [1.54, 1.807) is 54.6 Å². The van der Waals surface area contributed by atoms with Crippen molar-refractivity contribution < 1.29 is 9.59 Å². The first kappa shape index (κ1) is 18.6. The van der Waals surface area contributed by atoms with E-state index in [1.807, 2.05) is 0 Å². The Hall–Kier alpha value is -2.70. The molecule has 0 saturated heterocycles. The third-order valence-corrected chi connectivity index (χ3v) is 3.62. The van der Waals surface area contributed by atoms with Gasteiger partial charge >= 0.3 is 0 Å². The molecule has 2 amide bonds. The summed E-state index contributed by atoms with van der Waals surface area (Å²) in [6.45, 7) is 3.91. The summed E-state index contributed by atoms with van der Waals surface area (Å²) in [5.41, 5.74) is 1.32. The fourth-order valence-electron chi connectivity index (χ4n) is 1.98. The van der Waals surface area contributed by atoms with Crippen LogP contribution in [0.5, 0.6) is 0 Å². The Labute approximate surface area is 156 Å². The van der Waals surface area contributed by atoms with E-state index < -0.39 is 0 Å². The number of carbonyl (C=O) groups excluding carboxylic acids is 2. The molecule has 0 radical (unpaired) electrons. The molecule has 0 atom stereocenters. The summed E-state index contributed by atoms with van der Waals surface area (Å²) in [6.07, 6.45) is 1.59. The van der Waals surface area contributed by atoms with Crippen molar-refractivity contribution in [2.24, 2.45) is 0 Å². The molecular formula is C18H16ClN3O2S. The monoisotopic (exact) mass is 373 g/mol. The first-order valence-electron chi connectivity index (χ1n) is 7.37. The fourth-order valence-corrected chi connectivity index (χ4v) is 2.31. The van der Waals surface area contributed by atoms with Gasteiger partial charge in [0.25, 0.3) is 11.8 Å². The van der Waals surface area contributed by atoms with Gasteiger partial charge in [0.15, 0.2) is 5.11 Å². The molecule has 0 aliphatic rings. The van der Waals surface area contributed by atoms with Gasteiger partial charge in [-0.05, 0) is 48.6 Å². The number of thiocarbonyl (C=S) groups is 1. The second-order valence-electron chi connectivity index (χ2n) is 4.96. The van der Waals surface area contributed by atoms with Gasteiger partial charge in [-0.2, -0.15) is 0 Å². The largest absolute Gasteiger partial charge is 0.349 e. The van der Waals surface area contributed by atoms with E-state index in [2.05, 4.69) is 22.5 Å². The maximum atomic E-state index is 12.1. The van der Waals surface area contributed by atoms with Crippen LogP contribution in [0.2, 0.25) is 5.02 Å².